The molecule has 0 saturated heterocycles. The SMILES string of the molecule is CCO[C@H]1Cc2ccccc2[C@H]1Nc1nc(-c2ccc(Cl)cc2Cl)c(NC)nc1NC. The van der Waals surface area contributed by atoms with E-state index in [1.807, 2.05) is 27.1 Å². The van der Waals surface area contributed by atoms with Gasteiger partial charge in [-0.05, 0) is 36.2 Å². The largest absolute Gasteiger partial charge is 0.376 e. The van der Waals surface area contributed by atoms with Crippen LogP contribution in [0.3, 0.4) is 0 Å². The predicted octanol–water partition coefficient (Wildman–Crippen LogP) is 5.65. The Morgan fingerprint density at radius 2 is 1.77 bits per heavy atom. The van der Waals surface area contributed by atoms with Crippen molar-refractivity contribution in [3.63, 3.8) is 0 Å². The molecule has 0 amide bonds. The summed E-state index contributed by atoms with van der Waals surface area (Å²) < 4.78 is 6.06. The average molecular weight is 458 g/mol. The topological polar surface area (TPSA) is 71.1 Å². The van der Waals surface area contributed by atoms with E-state index in [-0.39, 0.29) is 12.1 Å². The molecule has 2 atom stereocenters. The number of nitrogens with zero attached hydrogens (tertiary/aromatic N) is 2. The van der Waals surface area contributed by atoms with Gasteiger partial charge in [0.2, 0.25) is 0 Å². The molecule has 1 aliphatic carbocycles. The van der Waals surface area contributed by atoms with E-state index in [1.54, 1.807) is 12.1 Å². The predicted molar refractivity (Wildman–Crippen MR) is 129 cm³/mol. The quantitative estimate of drug-likeness (QED) is 0.425. The van der Waals surface area contributed by atoms with Crippen molar-refractivity contribution >= 4 is 40.7 Å². The zero-order chi connectivity index (χ0) is 22.0. The van der Waals surface area contributed by atoms with Crippen LogP contribution in [0, 0.1) is 0 Å². The Hall–Kier alpha value is -2.54. The van der Waals surface area contributed by atoms with Crippen molar-refractivity contribution in [2.45, 2.75) is 25.5 Å². The molecule has 0 saturated carbocycles. The second-order valence-electron chi connectivity index (χ2n) is 7.26. The van der Waals surface area contributed by atoms with Crippen LogP contribution in [0.15, 0.2) is 42.5 Å². The number of hydrogen-bond donors (Lipinski definition) is 3. The summed E-state index contributed by atoms with van der Waals surface area (Å²) in [5.74, 6) is 1.89. The van der Waals surface area contributed by atoms with Gasteiger partial charge < -0.3 is 20.7 Å². The number of anilines is 3. The van der Waals surface area contributed by atoms with Crippen molar-refractivity contribution in [2.24, 2.45) is 0 Å². The molecule has 8 heteroatoms. The zero-order valence-corrected chi connectivity index (χ0v) is 19.2. The third kappa shape index (κ3) is 4.28. The molecule has 162 valence electrons. The van der Waals surface area contributed by atoms with Gasteiger partial charge >= 0.3 is 0 Å². The van der Waals surface area contributed by atoms with Crippen molar-refractivity contribution in [3.05, 3.63) is 63.6 Å². The molecule has 0 spiro atoms. The first-order valence-electron chi connectivity index (χ1n) is 10.2. The first-order valence-corrected chi connectivity index (χ1v) is 11.0. The Labute approximate surface area is 192 Å². The van der Waals surface area contributed by atoms with Crippen LogP contribution in [0.4, 0.5) is 17.5 Å². The molecule has 1 heterocycles. The molecule has 6 nitrogen and oxygen atoms in total. The number of aromatic nitrogens is 2. The maximum absolute atomic E-state index is 6.48. The van der Waals surface area contributed by atoms with E-state index in [2.05, 4.69) is 40.2 Å². The van der Waals surface area contributed by atoms with Crippen LogP contribution in [0.25, 0.3) is 11.3 Å². The summed E-state index contributed by atoms with van der Waals surface area (Å²) in [7, 11) is 3.63. The highest BCUT2D eigenvalue weighted by molar-refractivity contribution is 6.36. The fraction of sp³-hybridized carbons (Fsp3) is 0.304. The molecule has 0 fully saturated rings. The van der Waals surface area contributed by atoms with Crippen LogP contribution in [-0.4, -0.2) is 36.8 Å². The summed E-state index contributed by atoms with van der Waals surface area (Å²) >= 11 is 12.6. The second-order valence-corrected chi connectivity index (χ2v) is 8.10. The molecular formula is C23H25Cl2N5O. The lowest BCUT2D eigenvalue weighted by Gasteiger charge is -2.24. The molecule has 31 heavy (non-hydrogen) atoms. The van der Waals surface area contributed by atoms with E-state index < -0.39 is 0 Å². The molecule has 1 aliphatic rings. The monoisotopic (exact) mass is 457 g/mol. The third-order valence-corrected chi connectivity index (χ3v) is 5.96. The summed E-state index contributed by atoms with van der Waals surface area (Å²) in [6.45, 7) is 2.66. The van der Waals surface area contributed by atoms with Crippen LogP contribution in [-0.2, 0) is 11.2 Å². The van der Waals surface area contributed by atoms with Crippen molar-refractivity contribution in [1.82, 2.24) is 9.97 Å². The Morgan fingerprint density at radius 3 is 2.48 bits per heavy atom. The highest BCUT2D eigenvalue weighted by Gasteiger charge is 2.34. The van der Waals surface area contributed by atoms with Gasteiger partial charge in [-0.15, -0.1) is 0 Å². The van der Waals surface area contributed by atoms with Gasteiger partial charge in [0.1, 0.15) is 5.69 Å². The lowest BCUT2D eigenvalue weighted by atomic mass is 10.1. The molecule has 0 unspecified atom stereocenters. The van der Waals surface area contributed by atoms with Gasteiger partial charge in [-0.1, -0.05) is 47.5 Å². The number of benzene rings is 2. The molecule has 2 aromatic carbocycles. The molecule has 3 aromatic rings. The van der Waals surface area contributed by atoms with Crippen LogP contribution in [0.5, 0.6) is 0 Å². The van der Waals surface area contributed by atoms with E-state index in [0.717, 1.165) is 12.0 Å². The van der Waals surface area contributed by atoms with Crippen LogP contribution in [0.2, 0.25) is 10.0 Å². The van der Waals surface area contributed by atoms with E-state index in [4.69, 9.17) is 37.9 Å². The molecule has 3 N–H and O–H groups in total. The minimum absolute atomic E-state index is 0.0143. The molecular weight excluding hydrogens is 433 g/mol. The summed E-state index contributed by atoms with van der Waals surface area (Å²) in [5.41, 5.74) is 3.89. The van der Waals surface area contributed by atoms with Crippen molar-refractivity contribution in [1.29, 1.82) is 0 Å². The third-order valence-electron chi connectivity index (χ3n) is 5.41. The summed E-state index contributed by atoms with van der Waals surface area (Å²) in [5, 5.41) is 10.9. The number of ether oxygens (including phenoxy) is 1. The number of nitrogens with one attached hydrogen (secondary N) is 3. The van der Waals surface area contributed by atoms with Gasteiger partial charge in [-0.2, -0.15) is 0 Å². The van der Waals surface area contributed by atoms with E-state index in [1.165, 1.54) is 11.1 Å². The zero-order valence-electron chi connectivity index (χ0n) is 17.7. The van der Waals surface area contributed by atoms with Gasteiger partial charge in [0.05, 0.1) is 17.2 Å². The molecule has 0 bridgehead atoms. The van der Waals surface area contributed by atoms with E-state index in [0.29, 0.717) is 39.8 Å². The lowest BCUT2D eigenvalue weighted by Crippen LogP contribution is -2.26. The van der Waals surface area contributed by atoms with Gasteiger partial charge in [-0.3, -0.25) is 0 Å². The highest BCUT2D eigenvalue weighted by atomic mass is 35.5. The standard InChI is InChI=1S/C23H25Cl2N5O/c1-4-31-18-11-13-7-5-6-8-15(13)19(18)28-23-22(27-3)30-21(26-2)20(29-23)16-10-9-14(24)12-17(16)25/h5-10,12,18-19H,4,11H2,1-3H3,(H,28,29)(H2,26,27,30)/t18-,19+/m0/s1. The molecule has 1 aromatic heterocycles. The van der Waals surface area contributed by atoms with Crippen molar-refractivity contribution < 1.29 is 4.74 Å². The smallest absolute Gasteiger partial charge is 0.171 e. The van der Waals surface area contributed by atoms with Crippen LogP contribution >= 0.6 is 23.2 Å². The maximum Gasteiger partial charge on any atom is 0.171 e. The Bertz CT molecular complexity index is 1090. The summed E-state index contributed by atoms with van der Waals surface area (Å²) in [6, 6.07) is 13.7. The number of rotatable bonds is 7. The van der Waals surface area contributed by atoms with Gasteiger partial charge in [0, 0.05) is 37.7 Å². The van der Waals surface area contributed by atoms with Crippen LogP contribution < -0.4 is 16.0 Å². The summed E-state index contributed by atoms with van der Waals surface area (Å²) in [6.07, 6.45) is 0.870. The average Bonchev–Trinajstić information content (AvgIpc) is 3.11. The molecule has 0 radical (unpaired) electrons. The fourth-order valence-corrected chi connectivity index (χ4v) is 4.50. The van der Waals surface area contributed by atoms with Gasteiger partial charge in [0.15, 0.2) is 17.5 Å². The van der Waals surface area contributed by atoms with E-state index in [9.17, 15) is 0 Å². The van der Waals surface area contributed by atoms with Crippen molar-refractivity contribution in [3.8, 4) is 11.3 Å². The Kier molecular flexibility index (Phi) is 6.51. The fourth-order valence-electron chi connectivity index (χ4n) is 4.00. The van der Waals surface area contributed by atoms with E-state index >= 15 is 0 Å². The minimum atomic E-state index is -0.0356. The maximum atomic E-state index is 6.48. The first-order chi connectivity index (χ1) is 15.0. The first kappa shape index (κ1) is 21.7. The van der Waals surface area contributed by atoms with Crippen LogP contribution in [0.1, 0.15) is 24.1 Å². The van der Waals surface area contributed by atoms with Gasteiger partial charge in [-0.25, -0.2) is 9.97 Å². The highest BCUT2D eigenvalue weighted by Crippen LogP contribution is 2.39. The number of fused-ring (bicyclic) bond motifs is 1. The normalized spacial score (nSPS) is 17.3. The number of halogens is 2. The molecule has 0 aliphatic heterocycles. The lowest BCUT2D eigenvalue weighted by molar-refractivity contribution is 0.0573. The number of hydrogen-bond acceptors (Lipinski definition) is 6. The Balaban J connectivity index is 1.79. The van der Waals surface area contributed by atoms with Gasteiger partial charge in [0.25, 0.3) is 0 Å². The Morgan fingerprint density at radius 1 is 1.00 bits per heavy atom. The minimum Gasteiger partial charge on any atom is -0.376 e. The van der Waals surface area contributed by atoms with Crippen molar-refractivity contribution in [2.75, 3.05) is 36.7 Å². The molecule has 4 rings (SSSR count). The second kappa shape index (κ2) is 9.30. The summed E-state index contributed by atoms with van der Waals surface area (Å²) in [4.78, 5) is 9.66.